The number of rotatable bonds is 3. The van der Waals surface area contributed by atoms with Crippen molar-refractivity contribution in [2.24, 2.45) is 23.7 Å². The van der Waals surface area contributed by atoms with Gasteiger partial charge >= 0.3 is 0 Å². The fraction of sp³-hybridized carbons (Fsp3) is 0.688. The Kier molecular flexibility index (Phi) is 5.03. The molecule has 0 spiro atoms. The Bertz CT molecular complexity index is 637. The van der Waals surface area contributed by atoms with Crippen molar-refractivity contribution < 1.29 is 4.79 Å². The first kappa shape index (κ1) is 17.1. The lowest BCUT2D eigenvalue weighted by atomic mass is 9.94. The molecule has 0 aromatic carbocycles. The van der Waals surface area contributed by atoms with Crippen LogP contribution in [0.2, 0.25) is 0 Å². The van der Waals surface area contributed by atoms with Crippen LogP contribution in [-0.4, -0.2) is 69.6 Å². The van der Waals surface area contributed by atoms with Crippen LogP contribution < -0.4 is 5.73 Å². The van der Waals surface area contributed by atoms with E-state index in [0.717, 1.165) is 35.9 Å². The Labute approximate surface area is 147 Å². The largest absolute Gasteiger partial charge is 0.370 e. The van der Waals surface area contributed by atoms with E-state index in [1.54, 1.807) is 0 Å². The van der Waals surface area contributed by atoms with Crippen LogP contribution in [-0.2, 0) is 11.8 Å². The molecule has 2 saturated heterocycles. The molecule has 2 N–H and O–H groups in total. The van der Waals surface area contributed by atoms with Gasteiger partial charge in [0.2, 0.25) is 5.91 Å². The fourth-order valence-electron chi connectivity index (χ4n) is 3.49. The molecule has 3 heterocycles. The van der Waals surface area contributed by atoms with Crippen molar-refractivity contribution >= 4 is 23.6 Å². The van der Waals surface area contributed by atoms with E-state index in [2.05, 4.69) is 15.0 Å². The summed E-state index contributed by atoms with van der Waals surface area (Å²) in [7, 11) is 3.80. The van der Waals surface area contributed by atoms with Crippen LogP contribution in [0.15, 0.2) is 11.2 Å². The first-order valence-electron chi connectivity index (χ1n) is 8.35. The van der Waals surface area contributed by atoms with Gasteiger partial charge in [-0.3, -0.25) is 14.5 Å². The second-order valence-corrected chi connectivity index (χ2v) is 7.75. The number of carbonyl (C=O) groups excluding carboxylic acids is 1. The number of nitrogens with two attached hydrogens (primary N) is 1. The van der Waals surface area contributed by atoms with E-state index in [-0.39, 0.29) is 17.9 Å². The summed E-state index contributed by atoms with van der Waals surface area (Å²) in [5.41, 5.74) is 8.37. The summed E-state index contributed by atoms with van der Waals surface area (Å²) in [4.78, 5) is 20.8. The highest BCUT2D eigenvalue weighted by molar-refractivity contribution is 7.99. The average Bonchev–Trinajstić information content (AvgIpc) is 3.06. The molecule has 1 amide bonds. The molecule has 3 rings (SSSR count). The number of nitrogens with zero attached hydrogens (tertiary/aromatic N) is 5. The lowest BCUT2D eigenvalue weighted by Gasteiger charge is -2.28. The van der Waals surface area contributed by atoms with E-state index < -0.39 is 0 Å². The molecule has 0 aliphatic carbocycles. The van der Waals surface area contributed by atoms with Gasteiger partial charge in [0.1, 0.15) is 0 Å². The summed E-state index contributed by atoms with van der Waals surface area (Å²) in [6.07, 6.45) is 2.39. The van der Waals surface area contributed by atoms with Crippen LogP contribution in [0, 0.1) is 12.8 Å². The summed E-state index contributed by atoms with van der Waals surface area (Å²) in [6.45, 7) is 4.52. The number of aryl methyl sites for hydroxylation is 1. The van der Waals surface area contributed by atoms with Gasteiger partial charge < -0.3 is 15.5 Å². The minimum absolute atomic E-state index is 0.0275. The predicted molar refractivity (Wildman–Crippen MR) is 97.0 cm³/mol. The van der Waals surface area contributed by atoms with Crippen molar-refractivity contribution in [1.82, 2.24) is 19.6 Å². The minimum Gasteiger partial charge on any atom is -0.370 e. The van der Waals surface area contributed by atoms with Crippen LogP contribution in [0.3, 0.4) is 0 Å². The van der Waals surface area contributed by atoms with Gasteiger partial charge in [-0.1, -0.05) is 0 Å². The molecule has 2 fully saturated rings. The molecule has 2 aliphatic heterocycles. The maximum Gasteiger partial charge on any atom is 0.223 e. The van der Waals surface area contributed by atoms with Gasteiger partial charge in [-0.15, -0.1) is 0 Å². The summed E-state index contributed by atoms with van der Waals surface area (Å²) >= 11 is 1.95. The number of likely N-dealkylation sites (tertiary alicyclic amines) is 1. The Morgan fingerprint density at radius 1 is 1.42 bits per heavy atom. The third-order valence-electron chi connectivity index (χ3n) is 5.11. The smallest absolute Gasteiger partial charge is 0.223 e. The Hall–Kier alpha value is -1.70. The molecular formula is C16H26N6OS. The highest BCUT2D eigenvalue weighted by Gasteiger charge is 2.39. The molecule has 1 aromatic rings. The van der Waals surface area contributed by atoms with E-state index in [1.807, 2.05) is 48.6 Å². The second-order valence-electron chi connectivity index (χ2n) is 6.52. The van der Waals surface area contributed by atoms with Crippen LogP contribution in [0.5, 0.6) is 0 Å². The third-order valence-corrected chi connectivity index (χ3v) is 6.05. The topological polar surface area (TPSA) is 79.8 Å². The SMILES string of the molecule is Cc1c([C@H]2[C@H](CN=C(N)N3CCSCC3)CC(=O)N2C)cnn1C. The van der Waals surface area contributed by atoms with Crippen molar-refractivity contribution in [2.45, 2.75) is 19.4 Å². The van der Waals surface area contributed by atoms with Crippen LogP contribution in [0.1, 0.15) is 23.7 Å². The molecule has 0 bridgehead atoms. The van der Waals surface area contributed by atoms with Crippen LogP contribution >= 0.6 is 11.8 Å². The lowest BCUT2D eigenvalue weighted by Crippen LogP contribution is -2.43. The molecule has 8 heteroatoms. The summed E-state index contributed by atoms with van der Waals surface area (Å²) < 4.78 is 1.85. The molecule has 132 valence electrons. The van der Waals surface area contributed by atoms with Crippen LogP contribution in [0.25, 0.3) is 0 Å². The van der Waals surface area contributed by atoms with Crippen molar-refractivity contribution in [1.29, 1.82) is 0 Å². The van der Waals surface area contributed by atoms with Gasteiger partial charge in [0.15, 0.2) is 5.96 Å². The summed E-state index contributed by atoms with van der Waals surface area (Å²) in [6, 6.07) is 0.0275. The van der Waals surface area contributed by atoms with Crippen molar-refractivity contribution in [2.75, 3.05) is 38.2 Å². The van der Waals surface area contributed by atoms with Gasteiger partial charge in [-0.05, 0) is 6.92 Å². The fourth-order valence-corrected chi connectivity index (χ4v) is 4.39. The zero-order valence-corrected chi connectivity index (χ0v) is 15.4. The summed E-state index contributed by atoms with van der Waals surface area (Å²) in [5.74, 6) is 3.11. The number of aliphatic imine (C=N–C) groups is 1. The van der Waals surface area contributed by atoms with Gasteiger partial charge in [-0.25, -0.2) is 0 Å². The Balaban J connectivity index is 1.75. The average molecular weight is 350 g/mol. The zero-order valence-electron chi connectivity index (χ0n) is 14.6. The zero-order chi connectivity index (χ0) is 17.3. The monoisotopic (exact) mass is 350 g/mol. The number of amides is 1. The van der Waals surface area contributed by atoms with Gasteiger partial charge in [0.25, 0.3) is 0 Å². The minimum atomic E-state index is 0.0275. The second kappa shape index (κ2) is 7.04. The maximum atomic E-state index is 12.2. The highest BCUT2D eigenvalue weighted by atomic mass is 32.2. The molecule has 2 atom stereocenters. The normalized spacial score (nSPS) is 25.6. The molecule has 0 saturated carbocycles. The van der Waals surface area contributed by atoms with Gasteiger partial charge in [-0.2, -0.15) is 16.9 Å². The highest BCUT2D eigenvalue weighted by Crippen LogP contribution is 2.38. The van der Waals surface area contributed by atoms with Crippen molar-refractivity contribution in [3.63, 3.8) is 0 Å². The van der Waals surface area contributed by atoms with E-state index in [0.29, 0.717) is 18.9 Å². The van der Waals surface area contributed by atoms with Crippen molar-refractivity contribution in [3.05, 3.63) is 17.5 Å². The molecule has 1 aromatic heterocycles. The molecule has 2 aliphatic rings. The molecule has 24 heavy (non-hydrogen) atoms. The van der Waals surface area contributed by atoms with Crippen LogP contribution in [0.4, 0.5) is 0 Å². The molecular weight excluding hydrogens is 324 g/mol. The van der Waals surface area contributed by atoms with E-state index in [9.17, 15) is 4.79 Å². The number of thioether (sulfide) groups is 1. The number of hydrogen-bond donors (Lipinski definition) is 1. The quantitative estimate of drug-likeness (QED) is 0.638. The number of hydrogen-bond acceptors (Lipinski definition) is 4. The first-order valence-corrected chi connectivity index (χ1v) is 9.51. The lowest BCUT2D eigenvalue weighted by molar-refractivity contribution is -0.127. The van der Waals surface area contributed by atoms with E-state index in [4.69, 9.17) is 5.73 Å². The number of aromatic nitrogens is 2. The van der Waals surface area contributed by atoms with Crippen molar-refractivity contribution in [3.8, 4) is 0 Å². The van der Waals surface area contributed by atoms with E-state index >= 15 is 0 Å². The number of carbonyl (C=O) groups is 1. The predicted octanol–water partition coefficient (Wildman–Crippen LogP) is 0.611. The third kappa shape index (κ3) is 3.24. The first-order chi connectivity index (χ1) is 11.5. The standard InChI is InChI=1S/C16H26N6OS/c1-11-13(10-19-21(11)3)15-12(8-14(23)20(15)2)9-18-16(17)22-4-6-24-7-5-22/h10,12,15H,4-9H2,1-3H3,(H2,17,18)/t12-,15+/m0/s1. The summed E-state index contributed by atoms with van der Waals surface area (Å²) in [5, 5.41) is 4.33. The van der Waals surface area contributed by atoms with Gasteiger partial charge in [0, 0.05) is 68.8 Å². The number of guanidine groups is 1. The maximum absolute atomic E-state index is 12.2. The Morgan fingerprint density at radius 3 is 2.75 bits per heavy atom. The Morgan fingerprint density at radius 2 is 2.12 bits per heavy atom. The molecule has 0 unspecified atom stereocenters. The molecule has 0 radical (unpaired) electrons. The van der Waals surface area contributed by atoms with Gasteiger partial charge in [0.05, 0.1) is 12.2 Å². The molecule has 7 nitrogen and oxygen atoms in total. The van der Waals surface area contributed by atoms with E-state index in [1.165, 1.54) is 0 Å².